The standard InChI is InChI=1S/C12H20N2O4/c1-18-5-4-13(8-11(15)16)12(17)14-7-9-2-3-10(14)6-9/h9-10H,2-8H2,1H3,(H,15,16). The van der Waals surface area contributed by atoms with Crippen LogP contribution in [0.3, 0.4) is 0 Å². The van der Waals surface area contributed by atoms with Crippen LogP contribution in [0.15, 0.2) is 0 Å². The lowest BCUT2D eigenvalue weighted by Crippen LogP contribution is -2.49. The highest BCUT2D eigenvalue weighted by molar-refractivity contribution is 5.80. The quantitative estimate of drug-likeness (QED) is 0.783. The van der Waals surface area contributed by atoms with Crippen LogP contribution in [0, 0.1) is 5.92 Å². The fourth-order valence-electron chi connectivity index (χ4n) is 2.95. The summed E-state index contributed by atoms with van der Waals surface area (Å²) in [6, 6.07) is 0.169. The monoisotopic (exact) mass is 256 g/mol. The van der Waals surface area contributed by atoms with E-state index in [0.29, 0.717) is 25.1 Å². The number of carbonyl (C=O) groups is 2. The van der Waals surface area contributed by atoms with Crippen LogP contribution in [0.25, 0.3) is 0 Å². The molecule has 6 heteroatoms. The van der Waals surface area contributed by atoms with Gasteiger partial charge in [-0.3, -0.25) is 4.79 Å². The highest BCUT2D eigenvalue weighted by Gasteiger charge is 2.41. The van der Waals surface area contributed by atoms with Crippen LogP contribution < -0.4 is 0 Å². The molecule has 18 heavy (non-hydrogen) atoms. The highest BCUT2D eigenvalue weighted by atomic mass is 16.5. The van der Waals surface area contributed by atoms with E-state index in [9.17, 15) is 9.59 Å². The number of fused-ring (bicyclic) bond motifs is 2. The lowest BCUT2D eigenvalue weighted by molar-refractivity contribution is -0.137. The summed E-state index contributed by atoms with van der Waals surface area (Å²) in [7, 11) is 1.54. The van der Waals surface area contributed by atoms with Gasteiger partial charge in [-0.25, -0.2) is 4.79 Å². The van der Waals surface area contributed by atoms with Crippen LogP contribution in [-0.2, 0) is 9.53 Å². The van der Waals surface area contributed by atoms with E-state index in [4.69, 9.17) is 9.84 Å². The molecule has 2 atom stereocenters. The molecule has 2 amide bonds. The van der Waals surface area contributed by atoms with E-state index in [1.165, 1.54) is 11.3 Å². The van der Waals surface area contributed by atoms with Crippen molar-refractivity contribution >= 4 is 12.0 Å². The molecule has 2 bridgehead atoms. The van der Waals surface area contributed by atoms with Crippen LogP contribution in [0.2, 0.25) is 0 Å². The number of hydrogen-bond donors (Lipinski definition) is 1. The Kier molecular flexibility index (Phi) is 4.06. The Morgan fingerprint density at radius 3 is 2.72 bits per heavy atom. The molecule has 1 saturated carbocycles. The minimum absolute atomic E-state index is 0.151. The fourth-order valence-corrected chi connectivity index (χ4v) is 2.95. The van der Waals surface area contributed by atoms with E-state index in [-0.39, 0.29) is 12.6 Å². The molecule has 0 aromatic carbocycles. The lowest BCUT2D eigenvalue weighted by Gasteiger charge is -2.32. The number of carbonyl (C=O) groups excluding carboxylic acids is 1. The Morgan fingerprint density at radius 1 is 1.44 bits per heavy atom. The van der Waals surface area contributed by atoms with Crippen molar-refractivity contribution in [3.8, 4) is 0 Å². The topological polar surface area (TPSA) is 70.1 Å². The minimum Gasteiger partial charge on any atom is -0.480 e. The number of carboxylic acid groups (broad SMARTS) is 1. The molecule has 0 radical (unpaired) electrons. The molecular formula is C12H20N2O4. The number of aliphatic carboxylic acids is 1. The molecule has 102 valence electrons. The number of ether oxygens (including phenoxy) is 1. The van der Waals surface area contributed by atoms with Crippen molar-refractivity contribution in [3.63, 3.8) is 0 Å². The average Bonchev–Trinajstić information content (AvgIpc) is 2.95. The molecule has 1 aliphatic heterocycles. The van der Waals surface area contributed by atoms with Gasteiger partial charge in [0.1, 0.15) is 6.54 Å². The Balaban J connectivity index is 1.96. The zero-order chi connectivity index (χ0) is 13.1. The predicted molar refractivity (Wildman–Crippen MR) is 64.3 cm³/mol. The van der Waals surface area contributed by atoms with E-state index in [0.717, 1.165) is 19.4 Å². The van der Waals surface area contributed by atoms with Gasteiger partial charge in [0.15, 0.2) is 0 Å². The van der Waals surface area contributed by atoms with Gasteiger partial charge in [-0.15, -0.1) is 0 Å². The average molecular weight is 256 g/mol. The van der Waals surface area contributed by atoms with Gasteiger partial charge >= 0.3 is 12.0 Å². The summed E-state index contributed by atoms with van der Waals surface area (Å²) in [6.45, 7) is 1.22. The number of carboxylic acids is 1. The molecule has 1 saturated heterocycles. The third-order valence-electron chi connectivity index (χ3n) is 3.82. The maximum atomic E-state index is 12.3. The first-order chi connectivity index (χ1) is 8.61. The van der Waals surface area contributed by atoms with Crippen LogP contribution in [0.4, 0.5) is 4.79 Å². The fraction of sp³-hybridized carbons (Fsp3) is 0.833. The molecule has 1 N–H and O–H groups in total. The van der Waals surface area contributed by atoms with Crippen LogP contribution in [0.5, 0.6) is 0 Å². The number of likely N-dealkylation sites (tertiary alicyclic amines) is 1. The van der Waals surface area contributed by atoms with Gasteiger partial charge in [-0.1, -0.05) is 0 Å². The highest BCUT2D eigenvalue weighted by Crippen LogP contribution is 2.37. The molecule has 2 fully saturated rings. The van der Waals surface area contributed by atoms with Gasteiger partial charge in [0.2, 0.25) is 0 Å². The third-order valence-corrected chi connectivity index (χ3v) is 3.82. The van der Waals surface area contributed by atoms with Gasteiger partial charge in [0, 0.05) is 26.2 Å². The summed E-state index contributed by atoms with van der Waals surface area (Å²) in [5.74, 6) is -0.364. The molecule has 1 aliphatic carbocycles. The van der Waals surface area contributed by atoms with Crippen LogP contribution in [-0.4, -0.2) is 66.3 Å². The van der Waals surface area contributed by atoms with E-state index in [1.807, 2.05) is 4.90 Å². The summed E-state index contributed by atoms with van der Waals surface area (Å²) < 4.78 is 4.92. The predicted octanol–water partition coefficient (Wildman–Crippen LogP) is 0.624. The number of piperidine rings is 1. The second kappa shape index (κ2) is 5.56. The molecule has 0 aromatic heterocycles. The Labute approximate surface area is 106 Å². The van der Waals surface area contributed by atoms with Crippen molar-refractivity contribution in [2.45, 2.75) is 25.3 Å². The number of rotatable bonds is 5. The van der Waals surface area contributed by atoms with Crippen molar-refractivity contribution in [3.05, 3.63) is 0 Å². The Hall–Kier alpha value is -1.30. The second-order valence-corrected chi connectivity index (χ2v) is 5.08. The maximum Gasteiger partial charge on any atom is 0.323 e. The van der Waals surface area contributed by atoms with Gasteiger partial charge in [-0.2, -0.15) is 0 Å². The molecule has 2 rings (SSSR count). The Bertz CT molecular complexity index is 334. The Morgan fingerprint density at radius 2 is 2.22 bits per heavy atom. The van der Waals surface area contributed by atoms with Crippen molar-refractivity contribution in [1.82, 2.24) is 9.80 Å². The molecule has 2 aliphatic rings. The second-order valence-electron chi connectivity index (χ2n) is 5.08. The summed E-state index contributed by atoms with van der Waals surface area (Å²) in [4.78, 5) is 26.3. The lowest BCUT2D eigenvalue weighted by atomic mass is 10.1. The van der Waals surface area contributed by atoms with E-state index in [1.54, 1.807) is 7.11 Å². The number of hydrogen-bond acceptors (Lipinski definition) is 3. The van der Waals surface area contributed by atoms with Gasteiger partial charge in [-0.05, 0) is 25.2 Å². The van der Waals surface area contributed by atoms with Crippen LogP contribution in [0.1, 0.15) is 19.3 Å². The molecule has 6 nitrogen and oxygen atoms in total. The number of nitrogens with zero attached hydrogens (tertiary/aromatic N) is 2. The van der Waals surface area contributed by atoms with Gasteiger partial charge in [0.05, 0.1) is 6.61 Å². The van der Waals surface area contributed by atoms with E-state index < -0.39 is 5.97 Å². The van der Waals surface area contributed by atoms with E-state index >= 15 is 0 Å². The number of amides is 2. The van der Waals surface area contributed by atoms with Crippen LogP contribution >= 0.6 is 0 Å². The van der Waals surface area contributed by atoms with Gasteiger partial charge < -0.3 is 19.6 Å². The van der Waals surface area contributed by atoms with Crippen molar-refractivity contribution in [2.24, 2.45) is 5.92 Å². The largest absolute Gasteiger partial charge is 0.480 e. The zero-order valence-corrected chi connectivity index (χ0v) is 10.7. The van der Waals surface area contributed by atoms with Crippen molar-refractivity contribution < 1.29 is 19.4 Å². The minimum atomic E-state index is -0.983. The molecule has 1 heterocycles. The summed E-state index contributed by atoms with van der Waals surface area (Å²) in [5.41, 5.74) is 0. The van der Waals surface area contributed by atoms with E-state index in [2.05, 4.69) is 0 Å². The first-order valence-corrected chi connectivity index (χ1v) is 6.38. The molecule has 0 aromatic rings. The summed E-state index contributed by atoms with van der Waals surface area (Å²) >= 11 is 0. The third kappa shape index (κ3) is 2.75. The number of methoxy groups -OCH3 is 1. The molecule has 2 unspecified atom stereocenters. The van der Waals surface area contributed by atoms with Crippen molar-refractivity contribution in [1.29, 1.82) is 0 Å². The van der Waals surface area contributed by atoms with Crippen molar-refractivity contribution in [2.75, 3.05) is 33.4 Å². The molecule has 0 spiro atoms. The first kappa shape index (κ1) is 13.1. The SMILES string of the molecule is COCCN(CC(=O)O)C(=O)N1CC2CCC1C2. The maximum absolute atomic E-state index is 12.3. The molecular weight excluding hydrogens is 236 g/mol. The zero-order valence-electron chi connectivity index (χ0n) is 10.7. The smallest absolute Gasteiger partial charge is 0.323 e. The van der Waals surface area contributed by atoms with Gasteiger partial charge in [0.25, 0.3) is 0 Å². The first-order valence-electron chi connectivity index (χ1n) is 6.38. The number of urea groups is 1. The summed E-state index contributed by atoms with van der Waals surface area (Å²) in [6.07, 6.45) is 3.34. The normalized spacial score (nSPS) is 25.5. The summed E-state index contributed by atoms with van der Waals surface area (Å²) in [5, 5.41) is 8.85.